The quantitative estimate of drug-likeness (QED) is 0.523. The lowest BCUT2D eigenvalue weighted by Gasteiger charge is -2.22. The molecule has 0 aromatic carbocycles. The van der Waals surface area contributed by atoms with Gasteiger partial charge in [0.15, 0.2) is 0 Å². The number of carbonyl (C=O) groups is 1. The van der Waals surface area contributed by atoms with Crippen molar-refractivity contribution in [3.8, 4) is 0 Å². The summed E-state index contributed by atoms with van der Waals surface area (Å²) in [5.74, 6) is -0.102. The van der Waals surface area contributed by atoms with Gasteiger partial charge in [-0.2, -0.15) is 0 Å². The highest BCUT2D eigenvalue weighted by Crippen LogP contribution is 2.16. The van der Waals surface area contributed by atoms with Crippen molar-refractivity contribution in [1.82, 2.24) is 24.3 Å². The zero-order valence-corrected chi connectivity index (χ0v) is 16.8. The SMILES string of the molecule is Cc1ccc2ncc(C(=O)N(Cc3cccc(C)n3)Cc3cccc(C)n3)n2c1. The van der Waals surface area contributed by atoms with Gasteiger partial charge in [-0.1, -0.05) is 18.2 Å². The van der Waals surface area contributed by atoms with Gasteiger partial charge < -0.3 is 4.90 Å². The Balaban J connectivity index is 1.71. The summed E-state index contributed by atoms with van der Waals surface area (Å²) in [5, 5.41) is 0. The number of hydrogen-bond donors (Lipinski definition) is 0. The van der Waals surface area contributed by atoms with E-state index in [9.17, 15) is 4.79 Å². The fourth-order valence-corrected chi connectivity index (χ4v) is 3.37. The van der Waals surface area contributed by atoms with Crippen LogP contribution in [0.3, 0.4) is 0 Å². The number of pyridine rings is 3. The van der Waals surface area contributed by atoms with Crippen molar-refractivity contribution in [2.45, 2.75) is 33.9 Å². The Labute approximate surface area is 169 Å². The van der Waals surface area contributed by atoms with Crippen molar-refractivity contribution < 1.29 is 4.79 Å². The van der Waals surface area contributed by atoms with Crippen LogP contribution in [0.15, 0.2) is 60.9 Å². The minimum absolute atomic E-state index is 0.102. The van der Waals surface area contributed by atoms with Crippen LogP contribution in [0.1, 0.15) is 38.8 Å². The van der Waals surface area contributed by atoms with E-state index in [0.717, 1.165) is 34.0 Å². The number of amides is 1. The molecular formula is C23H23N5O. The Morgan fingerprint density at radius 3 is 2.10 bits per heavy atom. The maximum Gasteiger partial charge on any atom is 0.273 e. The molecule has 6 nitrogen and oxygen atoms in total. The summed E-state index contributed by atoms with van der Waals surface area (Å²) in [7, 11) is 0. The highest BCUT2D eigenvalue weighted by Gasteiger charge is 2.21. The van der Waals surface area contributed by atoms with Crippen molar-refractivity contribution >= 4 is 11.6 Å². The fourth-order valence-electron chi connectivity index (χ4n) is 3.37. The standard InChI is InChI=1S/C23H23N5O/c1-16-10-11-22-24-12-21(28(22)13-16)23(29)27(14-19-8-4-6-17(2)25-19)15-20-9-5-7-18(3)26-20/h4-13H,14-15H2,1-3H3. The molecule has 0 N–H and O–H groups in total. The van der Waals surface area contributed by atoms with Crippen LogP contribution in [-0.2, 0) is 13.1 Å². The predicted octanol–water partition coefficient (Wildman–Crippen LogP) is 3.89. The van der Waals surface area contributed by atoms with E-state index in [-0.39, 0.29) is 5.91 Å². The number of aryl methyl sites for hydroxylation is 3. The van der Waals surface area contributed by atoms with Crippen molar-refractivity contribution in [2.24, 2.45) is 0 Å². The van der Waals surface area contributed by atoms with Crippen LogP contribution in [0, 0.1) is 20.8 Å². The lowest BCUT2D eigenvalue weighted by atomic mass is 10.2. The first-order valence-electron chi connectivity index (χ1n) is 9.58. The molecule has 0 aliphatic heterocycles. The monoisotopic (exact) mass is 385 g/mol. The molecule has 4 heterocycles. The van der Waals surface area contributed by atoms with Crippen LogP contribution in [0.2, 0.25) is 0 Å². The number of aromatic nitrogens is 4. The number of rotatable bonds is 5. The zero-order valence-electron chi connectivity index (χ0n) is 16.8. The molecule has 0 bridgehead atoms. The molecule has 0 aliphatic carbocycles. The summed E-state index contributed by atoms with van der Waals surface area (Å²) in [6, 6.07) is 15.6. The number of carbonyl (C=O) groups excluding carboxylic acids is 1. The Bertz CT molecular complexity index is 1130. The molecule has 0 unspecified atom stereocenters. The van der Waals surface area contributed by atoms with Gasteiger partial charge in [-0.25, -0.2) is 4.98 Å². The van der Waals surface area contributed by atoms with Crippen LogP contribution in [-0.4, -0.2) is 30.2 Å². The second-order valence-corrected chi connectivity index (χ2v) is 7.28. The largest absolute Gasteiger partial charge is 0.326 e. The van der Waals surface area contributed by atoms with Gasteiger partial charge in [0.05, 0.1) is 30.7 Å². The van der Waals surface area contributed by atoms with E-state index in [4.69, 9.17) is 0 Å². The number of hydrogen-bond acceptors (Lipinski definition) is 4. The molecule has 0 aliphatic rings. The summed E-state index contributed by atoms with van der Waals surface area (Å²) >= 11 is 0. The van der Waals surface area contributed by atoms with E-state index in [1.807, 2.05) is 79.9 Å². The average molecular weight is 385 g/mol. The molecule has 0 radical (unpaired) electrons. The first-order chi connectivity index (χ1) is 14.0. The van der Waals surface area contributed by atoms with Crippen molar-refractivity contribution in [2.75, 3.05) is 0 Å². The first kappa shape index (κ1) is 18.8. The van der Waals surface area contributed by atoms with Crippen molar-refractivity contribution in [3.63, 3.8) is 0 Å². The molecule has 0 saturated carbocycles. The molecule has 1 amide bonds. The smallest absolute Gasteiger partial charge is 0.273 e. The lowest BCUT2D eigenvalue weighted by Crippen LogP contribution is -2.31. The van der Waals surface area contributed by atoms with Crippen LogP contribution in [0.5, 0.6) is 0 Å². The topological polar surface area (TPSA) is 63.4 Å². The summed E-state index contributed by atoms with van der Waals surface area (Å²) in [6.45, 7) is 6.69. The van der Waals surface area contributed by atoms with E-state index in [2.05, 4.69) is 15.0 Å². The van der Waals surface area contributed by atoms with Crippen LogP contribution in [0.4, 0.5) is 0 Å². The first-order valence-corrected chi connectivity index (χ1v) is 9.58. The molecule has 0 atom stereocenters. The molecule has 4 rings (SSSR count). The molecule has 146 valence electrons. The third kappa shape index (κ3) is 4.16. The fraction of sp³-hybridized carbons (Fsp3) is 0.217. The van der Waals surface area contributed by atoms with Crippen LogP contribution < -0.4 is 0 Å². The summed E-state index contributed by atoms with van der Waals surface area (Å²) in [5.41, 5.74) is 5.89. The third-order valence-corrected chi connectivity index (χ3v) is 4.76. The summed E-state index contributed by atoms with van der Waals surface area (Å²) in [6.07, 6.45) is 3.57. The van der Waals surface area contributed by atoms with Gasteiger partial charge in [-0.15, -0.1) is 0 Å². The van der Waals surface area contributed by atoms with Gasteiger partial charge in [0.25, 0.3) is 5.91 Å². The lowest BCUT2D eigenvalue weighted by molar-refractivity contribution is 0.0718. The number of nitrogens with zero attached hydrogens (tertiary/aromatic N) is 5. The van der Waals surface area contributed by atoms with Gasteiger partial charge in [0, 0.05) is 17.6 Å². The van der Waals surface area contributed by atoms with E-state index < -0.39 is 0 Å². The van der Waals surface area contributed by atoms with E-state index in [0.29, 0.717) is 18.8 Å². The molecule has 29 heavy (non-hydrogen) atoms. The second-order valence-electron chi connectivity index (χ2n) is 7.28. The molecule has 4 aromatic heterocycles. The van der Waals surface area contributed by atoms with Gasteiger partial charge in [0.1, 0.15) is 11.3 Å². The zero-order chi connectivity index (χ0) is 20.4. The highest BCUT2D eigenvalue weighted by atomic mass is 16.2. The van der Waals surface area contributed by atoms with Gasteiger partial charge in [-0.3, -0.25) is 19.2 Å². The molecule has 4 aromatic rings. The molecule has 0 spiro atoms. The number of imidazole rings is 1. The molecular weight excluding hydrogens is 362 g/mol. The summed E-state index contributed by atoms with van der Waals surface area (Å²) < 4.78 is 1.85. The molecule has 6 heteroatoms. The van der Waals surface area contributed by atoms with Crippen molar-refractivity contribution in [3.05, 3.63) is 95.0 Å². The molecule has 0 saturated heterocycles. The Hall–Kier alpha value is -3.54. The minimum atomic E-state index is -0.102. The minimum Gasteiger partial charge on any atom is -0.326 e. The van der Waals surface area contributed by atoms with Gasteiger partial charge in [-0.05, 0) is 56.7 Å². The number of fused-ring (bicyclic) bond motifs is 1. The van der Waals surface area contributed by atoms with Crippen LogP contribution >= 0.6 is 0 Å². The predicted molar refractivity (Wildman–Crippen MR) is 111 cm³/mol. The van der Waals surface area contributed by atoms with E-state index in [1.54, 1.807) is 11.1 Å². The van der Waals surface area contributed by atoms with Crippen molar-refractivity contribution in [1.29, 1.82) is 0 Å². The maximum atomic E-state index is 13.5. The Morgan fingerprint density at radius 2 is 1.52 bits per heavy atom. The highest BCUT2D eigenvalue weighted by molar-refractivity contribution is 5.93. The molecule has 0 fully saturated rings. The Kier molecular flexibility index (Phi) is 5.08. The normalized spacial score (nSPS) is 11.0. The van der Waals surface area contributed by atoms with Gasteiger partial charge >= 0.3 is 0 Å². The average Bonchev–Trinajstić information content (AvgIpc) is 3.10. The van der Waals surface area contributed by atoms with Gasteiger partial charge in [0.2, 0.25) is 0 Å². The summed E-state index contributed by atoms with van der Waals surface area (Å²) in [4.78, 5) is 28.8. The van der Waals surface area contributed by atoms with E-state index in [1.165, 1.54) is 0 Å². The second kappa shape index (κ2) is 7.83. The Morgan fingerprint density at radius 1 is 0.897 bits per heavy atom. The maximum absolute atomic E-state index is 13.5. The van der Waals surface area contributed by atoms with E-state index >= 15 is 0 Å². The van der Waals surface area contributed by atoms with Crippen LogP contribution in [0.25, 0.3) is 5.65 Å². The third-order valence-electron chi connectivity index (χ3n) is 4.76.